The number of rotatable bonds is 8. The van der Waals surface area contributed by atoms with Gasteiger partial charge in [-0.25, -0.2) is 13.1 Å². The average molecular weight is 300 g/mol. The molecule has 0 amide bonds. The van der Waals surface area contributed by atoms with Crippen LogP contribution in [-0.2, 0) is 10.0 Å². The summed E-state index contributed by atoms with van der Waals surface area (Å²) in [6.45, 7) is 5.98. The minimum atomic E-state index is -3.07. The molecule has 0 fully saturated rings. The molecular formula is C10H22BrNO2S. The van der Waals surface area contributed by atoms with Crippen molar-refractivity contribution in [2.75, 3.05) is 11.1 Å². The predicted molar refractivity (Wildman–Crippen MR) is 68.9 cm³/mol. The number of halogens is 1. The molecule has 0 heterocycles. The van der Waals surface area contributed by atoms with Gasteiger partial charge in [0.15, 0.2) is 0 Å². The second-order valence-corrected chi connectivity index (χ2v) is 7.02. The van der Waals surface area contributed by atoms with Crippen molar-refractivity contribution in [1.29, 1.82) is 0 Å². The van der Waals surface area contributed by atoms with Crippen molar-refractivity contribution < 1.29 is 8.42 Å². The van der Waals surface area contributed by atoms with E-state index in [1.54, 1.807) is 0 Å². The third-order valence-electron chi connectivity index (χ3n) is 2.12. The predicted octanol–water partition coefficient (Wildman–Crippen LogP) is 2.52. The minimum absolute atomic E-state index is 0.0414. The second kappa shape index (κ2) is 7.63. The van der Waals surface area contributed by atoms with Crippen LogP contribution in [0.25, 0.3) is 0 Å². The molecule has 0 spiro atoms. The highest BCUT2D eigenvalue weighted by Gasteiger charge is 2.14. The van der Waals surface area contributed by atoms with Gasteiger partial charge in [0.2, 0.25) is 10.0 Å². The molecule has 0 aromatic carbocycles. The quantitative estimate of drug-likeness (QED) is 0.700. The monoisotopic (exact) mass is 299 g/mol. The normalized spacial score (nSPS) is 14.5. The third kappa shape index (κ3) is 9.33. The van der Waals surface area contributed by atoms with Gasteiger partial charge in [0.05, 0.1) is 5.75 Å². The van der Waals surface area contributed by atoms with Crippen LogP contribution in [0.4, 0.5) is 0 Å². The van der Waals surface area contributed by atoms with Crippen molar-refractivity contribution in [2.24, 2.45) is 5.92 Å². The van der Waals surface area contributed by atoms with Crippen molar-refractivity contribution in [3.63, 3.8) is 0 Å². The van der Waals surface area contributed by atoms with Gasteiger partial charge in [-0.15, -0.1) is 0 Å². The van der Waals surface area contributed by atoms with Gasteiger partial charge < -0.3 is 0 Å². The highest BCUT2D eigenvalue weighted by Crippen LogP contribution is 2.05. The van der Waals surface area contributed by atoms with E-state index in [-0.39, 0.29) is 11.8 Å². The second-order valence-electron chi connectivity index (χ2n) is 4.35. The molecule has 0 saturated carbocycles. The van der Waals surface area contributed by atoms with Gasteiger partial charge in [0.25, 0.3) is 0 Å². The number of alkyl halides is 1. The molecule has 1 atom stereocenters. The maximum absolute atomic E-state index is 11.6. The molecule has 92 valence electrons. The lowest BCUT2D eigenvalue weighted by atomic mass is 10.2. The summed E-state index contributed by atoms with van der Waals surface area (Å²) in [5.74, 6) is 0.669. The first-order valence-electron chi connectivity index (χ1n) is 5.43. The van der Waals surface area contributed by atoms with Crippen LogP contribution in [0, 0.1) is 5.92 Å². The Bertz CT molecular complexity index is 252. The summed E-state index contributed by atoms with van der Waals surface area (Å²) in [7, 11) is -3.07. The van der Waals surface area contributed by atoms with Crippen LogP contribution in [0.2, 0.25) is 0 Å². The summed E-state index contributed by atoms with van der Waals surface area (Å²) < 4.78 is 25.9. The van der Waals surface area contributed by atoms with E-state index in [1.807, 2.05) is 20.8 Å². The minimum Gasteiger partial charge on any atom is -0.212 e. The molecule has 0 saturated heterocycles. The summed E-state index contributed by atoms with van der Waals surface area (Å²) in [6.07, 6.45) is 2.60. The molecule has 0 aromatic heterocycles. The fourth-order valence-electron chi connectivity index (χ4n) is 1.20. The number of hydrogen-bond donors (Lipinski definition) is 1. The summed E-state index contributed by atoms with van der Waals surface area (Å²) in [6, 6.07) is 0.0414. The van der Waals surface area contributed by atoms with Gasteiger partial charge in [0, 0.05) is 11.4 Å². The van der Waals surface area contributed by atoms with E-state index in [2.05, 4.69) is 20.7 Å². The molecule has 3 nitrogen and oxygen atoms in total. The van der Waals surface area contributed by atoms with Crippen molar-refractivity contribution in [3.05, 3.63) is 0 Å². The Kier molecular flexibility index (Phi) is 7.83. The first-order chi connectivity index (χ1) is 6.87. The van der Waals surface area contributed by atoms with Crippen LogP contribution in [0.5, 0.6) is 0 Å². The molecule has 0 rings (SSSR count). The fourth-order valence-corrected chi connectivity index (χ4v) is 3.15. The molecule has 0 aliphatic carbocycles. The molecule has 5 heteroatoms. The number of hydrogen-bond acceptors (Lipinski definition) is 2. The zero-order chi connectivity index (χ0) is 11.9. The highest BCUT2D eigenvalue weighted by molar-refractivity contribution is 9.09. The van der Waals surface area contributed by atoms with Gasteiger partial charge in [0.1, 0.15) is 0 Å². The Labute approximate surface area is 102 Å². The molecule has 0 bridgehead atoms. The fraction of sp³-hybridized carbons (Fsp3) is 1.00. The zero-order valence-corrected chi connectivity index (χ0v) is 12.2. The third-order valence-corrected chi connectivity index (χ3v) is 4.21. The lowest BCUT2D eigenvalue weighted by Crippen LogP contribution is -2.34. The molecule has 0 aliphatic rings. The topological polar surface area (TPSA) is 46.2 Å². The lowest BCUT2D eigenvalue weighted by Gasteiger charge is -2.14. The van der Waals surface area contributed by atoms with Crippen LogP contribution in [0.3, 0.4) is 0 Å². The van der Waals surface area contributed by atoms with Crippen LogP contribution < -0.4 is 4.72 Å². The Morgan fingerprint density at radius 3 is 2.27 bits per heavy atom. The molecule has 0 radical (unpaired) electrons. The van der Waals surface area contributed by atoms with Crippen LogP contribution in [0.1, 0.15) is 40.0 Å². The average Bonchev–Trinajstić information content (AvgIpc) is 2.11. The highest BCUT2D eigenvalue weighted by atomic mass is 79.9. The summed E-state index contributed by atoms with van der Waals surface area (Å²) in [4.78, 5) is 0. The Balaban J connectivity index is 3.91. The van der Waals surface area contributed by atoms with Crippen LogP contribution >= 0.6 is 15.9 Å². The Morgan fingerprint density at radius 1 is 1.20 bits per heavy atom. The summed E-state index contributed by atoms with van der Waals surface area (Å²) in [5, 5.41) is 0.922. The first-order valence-corrected chi connectivity index (χ1v) is 8.20. The van der Waals surface area contributed by atoms with Crippen LogP contribution in [-0.4, -0.2) is 25.5 Å². The number of sulfonamides is 1. The molecule has 15 heavy (non-hydrogen) atoms. The van der Waals surface area contributed by atoms with Gasteiger partial charge in [-0.05, 0) is 32.1 Å². The van der Waals surface area contributed by atoms with E-state index < -0.39 is 10.0 Å². The number of nitrogens with one attached hydrogen (secondary N) is 1. The van der Waals surface area contributed by atoms with Crippen molar-refractivity contribution in [3.8, 4) is 0 Å². The molecular weight excluding hydrogens is 278 g/mol. The Morgan fingerprint density at radius 2 is 1.80 bits per heavy atom. The maximum Gasteiger partial charge on any atom is 0.211 e. The van der Waals surface area contributed by atoms with Crippen LogP contribution in [0.15, 0.2) is 0 Å². The van der Waals surface area contributed by atoms with E-state index in [0.717, 1.165) is 24.6 Å². The van der Waals surface area contributed by atoms with Gasteiger partial charge >= 0.3 is 0 Å². The smallest absolute Gasteiger partial charge is 0.211 e. The van der Waals surface area contributed by atoms with Crippen molar-refractivity contribution in [1.82, 2.24) is 4.72 Å². The van der Waals surface area contributed by atoms with E-state index in [4.69, 9.17) is 0 Å². The van der Waals surface area contributed by atoms with Gasteiger partial charge in [-0.2, -0.15) is 0 Å². The maximum atomic E-state index is 11.6. The standard InChI is InChI=1S/C10H22BrNO2S/c1-9(2)6-8-15(13,14)12-10(3)5-4-7-11/h9-10,12H,4-8H2,1-3H3. The molecule has 0 aliphatic heterocycles. The zero-order valence-electron chi connectivity index (χ0n) is 9.79. The SMILES string of the molecule is CC(C)CCS(=O)(=O)NC(C)CCCBr. The Hall–Kier alpha value is 0.390. The van der Waals surface area contributed by atoms with Gasteiger partial charge in [-0.1, -0.05) is 29.8 Å². The van der Waals surface area contributed by atoms with E-state index in [1.165, 1.54) is 0 Å². The largest absolute Gasteiger partial charge is 0.212 e. The van der Waals surface area contributed by atoms with Crippen molar-refractivity contribution >= 4 is 26.0 Å². The van der Waals surface area contributed by atoms with Gasteiger partial charge in [-0.3, -0.25) is 0 Å². The first kappa shape index (κ1) is 15.4. The van der Waals surface area contributed by atoms with Crippen molar-refractivity contribution in [2.45, 2.75) is 46.1 Å². The van der Waals surface area contributed by atoms with E-state index >= 15 is 0 Å². The summed E-state index contributed by atoms with van der Waals surface area (Å²) >= 11 is 3.33. The molecule has 1 N–H and O–H groups in total. The lowest BCUT2D eigenvalue weighted by molar-refractivity contribution is 0.534. The van der Waals surface area contributed by atoms with E-state index in [0.29, 0.717) is 5.92 Å². The molecule has 0 aromatic rings. The molecule has 1 unspecified atom stereocenters. The van der Waals surface area contributed by atoms with E-state index in [9.17, 15) is 8.42 Å². The summed E-state index contributed by atoms with van der Waals surface area (Å²) in [5.41, 5.74) is 0.